The maximum atomic E-state index is 12.6. The van der Waals surface area contributed by atoms with E-state index < -0.39 is 10.0 Å². The van der Waals surface area contributed by atoms with E-state index in [2.05, 4.69) is 0 Å². The molecule has 0 bridgehead atoms. The smallest absolute Gasteiger partial charge is 0.247 e. The zero-order chi connectivity index (χ0) is 14.1. The minimum Gasteiger partial charge on any atom is -0.465 e. The van der Waals surface area contributed by atoms with Crippen molar-refractivity contribution < 1.29 is 12.8 Å². The highest BCUT2D eigenvalue weighted by Gasteiger charge is 2.32. The van der Waals surface area contributed by atoms with Crippen molar-refractivity contribution in [3.05, 3.63) is 17.1 Å². The fourth-order valence-electron chi connectivity index (χ4n) is 2.21. The number of nitrogens with two attached hydrogens (primary N) is 1. The van der Waals surface area contributed by atoms with E-state index >= 15 is 0 Å². The van der Waals surface area contributed by atoms with Crippen LogP contribution < -0.4 is 5.73 Å². The third-order valence-electron chi connectivity index (χ3n) is 2.98. The summed E-state index contributed by atoms with van der Waals surface area (Å²) in [5.74, 6) is 0.987. The second kappa shape index (κ2) is 5.42. The molecule has 0 aliphatic rings. The van der Waals surface area contributed by atoms with Gasteiger partial charge in [0, 0.05) is 24.7 Å². The number of aryl methyl sites for hydroxylation is 2. The number of sulfonamides is 1. The third kappa shape index (κ3) is 2.46. The lowest BCUT2D eigenvalue weighted by atomic mass is 10.2. The summed E-state index contributed by atoms with van der Waals surface area (Å²) in [5.41, 5.74) is 6.21. The molecular weight excluding hydrogens is 252 g/mol. The minimum atomic E-state index is -3.54. The Labute approximate surface area is 109 Å². The van der Waals surface area contributed by atoms with Crippen LogP contribution in [0.3, 0.4) is 0 Å². The van der Waals surface area contributed by atoms with Crippen LogP contribution in [-0.4, -0.2) is 25.3 Å². The molecule has 18 heavy (non-hydrogen) atoms. The second-order valence-electron chi connectivity index (χ2n) is 4.53. The zero-order valence-electron chi connectivity index (χ0n) is 11.6. The van der Waals surface area contributed by atoms with E-state index in [9.17, 15) is 8.42 Å². The molecule has 6 heteroatoms. The monoisotopic (exact) mass is 274 g/mol. The van der Waals surface area contributed by atoms with E-state index in [1.54, 1.807) is 13.8 Å². The Morgan fingerprint density at radius 3 is 2.22 bits per heavy atom. The number of rotatable bonds is 5. The van der Waals surface area contributed by atoms with Crippen molar-refractivity contribution in [2.75, 3.05) is 6.54 Å². The first-order valence-corrected chi connectivity index (χ1v) is 7.52. The quantitative estimate of drug-likeness (QED) is 0.887. The SMILES string of the molecule is CCN(C(C)C)S(=O)(=O)c1c(C)oc(C)c1CN. The summed E-state index contributed by atoms with van der Waals surface area (Å²) in [6.45, 7) is 9.51. The van der Waals surface area contributed by atoms with Gasteiger partial charge in [0.2, 0.25) is 10.0 Å². The predicted molar refractivity (Wildman–Crippen MR) is 70.8 cm³/mol. The minimum absolute atomic E-state index is 0.0970. The van der Waals surface area contributed by atoms with E-state index in [1.165, 1.54) is 4.31 Å². The fraction of sp³-hybridized carbons (Fsp3) is 0.667. The molecule has 0 aromatic carbocycles. The van der Waals surface area contributed by atoms with Crippen molar-refractivity contribution in [3.8, 4) is 0 Å². The third-order valence-corrected chi connectivity index (χ3v) is 5.33. The van der Waals surface area contributed by atoms with Gasteiger partial charge in [-0.2, -0.15) is 4.31 Å². The average molecular weight is 274 g/mol. The molecule has 2 N–H and O–H groups in total. The van der Waals surface area contributed by atoms with E-state index in [0.717, 1.165) is 0 Å². The molecule has 0 amide bonds. The van der Waals surface area contributed by atoms with Gasteiger partial charge in [-0.25, -0.2) is 8.42 Å². The molecule has 1 aromatic rings. The topological polar surface area (TPSA) is 76.5 Å². The summed E-state index contributed by atoms with van der Waals surface area (Å²) in [6, 6.07) is -0.0970. The highest BCUT2D eigenvalue weighted by Crippen LogP contribution is 2.29. The summed E-state index contributed by atoms with van der Waals surface area (Å²) in [4.78, 5) is 0.234. The molecule has 1 heterocycles. The van der Waals surface area contributed by atoms with Gasteiger partial charge in [-0.15, -0.1) is 0 Å². The van der Waals surface area contributed by atoms with Gasteiger partial charge < -0.3 is 10.2 Å². The lowest BCUT2D eigenvalue weighted by molar-refractivity contribution is 0.367. The Bertz CT molecular complexity index is 518. The molecule has 1 rings (SSSR count). The van der Waals surface area contributed by atoms with Crippen LogP contribution in [0.1, 0.15) is 37.9 Å². The number of furan rings is 1. The van der Waals surface area contributed by atoms with Crippen molar-refractivity contribution >= 4 is 10.0 Å². The van der Waals surface area contributed by atoms with Gasteiger partial charge in [0.25, 0.3) is 0 Å². The van der Waals surface area contributed by atoms with Crippen LogP contribution in [0.25, 0.3) is 0 Å². The largest absolute Gasteiger partial charge is 0.465 e. The Morgan fingerprint density at radius 1 is 1.28 bits per heavy atom. The maximum absolute atomic E-state index is 12.6. The van der Waals surface area contributed by atoms with Crippen LogP contribution in [0.5, 0.6) is 0 Å². The fourth-order valence-corrected chi connectivity index (χ4v) is 4.29. The molecule has 104 valence electrons. The van der Waals surface area contributed by atoms with Gasteiger partial charge in [-0.3, -0.25) is 0 Å². The van der Waals surface area contributed by atoms with Crippen molar-refractivity contribution in [1.29, 1.82) is 0 Å². The van der Waals surface area contributed by atoms with Crippen LogP contribution in [0.2, 0.25) is 0 Å². The van der Waals surface area contributed by atoms with Gasteiger partial charge in [0.15, 0.2) is 0 Å². The molecule has 0 aliphatic carbocycles. The lowest BCUT2D eigenvalue weighted by Crippen LogP contribution is -2.37. The Balaban J connectivity index is 3.45. The highest BCUT2D eigenvalue weighted by atomic mass is 32.2. The summed E-state index contributed by atoms with van der Waals surface area (Å²) in [6.07, 6.45) is 0. The molecule has 0 atom stereocenters. The van der Waals surface area contributed by atoms with E-state index in [0.29, 0.717) is 23.6 Å². The van der Waals surface area contributed by atoms with Crippen molar-refractivity contribution in [1.82, 2.24) is 4.31 Å². The van der Waals surface area contributed by atoms with Crippen molar-refractivity contribution in [2.45, 2.75) is 52.1 Å². The molecule has 0 spiro atoms. The van der Waals surface area contributed by atoms with E-state index in [4.69, 9.17) is 10.2 Å². The Morgan fingerprint density at radius 2 is 1.83 bits per heavy atom. The first-order valence-electron chi connectivity index (χ1n) is 6.08. The van der Waals surface area contributed by atoms with E-state index in [1.807, 2.05) is 20.8 Å². The first-order chi connectivity index (χ1) is 8.27. The van der Waals surface area contributed by atoms with Gasteiger partial charge in [0.1, 0.15) is 16.4 Å². The van der Waals surface area contributed by atoms with Crippen LogP contribution in [-0.2, 0) is 16.6 Å². The Hall–Kier alpha value is -0.850. The summed E-state index contributed by atoms with van der Waals surface area (Å²) in [5, 5.41) is 0. The Kier molecular flexibility index (Phi) is 4.58. The molecular formula is C12H22N2O3S. The molecule has 0 saturated heterocycles. The van der Waals surface area contributed by atoms with Crippen LogP contribution >= 0.6 is 0 Å². The van der Waals surface area contributed by atoms with Crippen LogP contribution in [0, 0.1) is 13.8 Å². The van der Waals surface area contributed by atoms with Gasteiger partial charge in [0.05, 0.1) is 0 Å². The van der Waals surface area contributed by atoms with Crippen molar-refractivity contribution in [2.24, 2.45) is 5.73 Å². The van der Waals surface area contributed by atoms with Gasteiger partial charge in [-0.05, 0) is 27.7 Å². The molecule has 0 fully saturated rings. The molecule has 5 nitrogen and oxygen atoms in total. The first kappa shape index (κ1) is 15.2. The van der Waals surface area contributed by atoms with Crippen molar-refractivity contribution in [3.63, 3.8) is 0 Å². The summed E-state index contributed by atoms with van der Waals surface area (Å²) < 4.78 is 32.1. The van der Waals surface area contributed by atoms with Crippen LogP contribution in [0.15, 0.2) is 9.31 Å². The maximum Gasteiger partial charge on any atom is 0.247 e. The number of nitrogens with zero attached hydrogens (tertiary/aromatic N) is 1. The number of hydrogen-bond acceptors (Lipinski definition) is 4. The standard InChI is InChI=1S/C12H22N2O3S/c1-6-14(8(2)3)18(15,16)12-10(5)17-9(4)11(12)7-13/h8H,6-7,13H2,1-5H3. The van der Waals surface area contributed by atoms with Crippen LogP contribution in [0.4, 0.5) is 0 Å². The van der Waals surface area contributed by atoms with Gasteiger partial charge >= 0.3 is 0 Å². The highest BCUT2D eigenvalue weighted by molar-refractivity contribution is 7.89. The zero-order valence-corrected chi connectivity index (χ0v) is 12.5. The normalized spacial score (nSPS) is 12.7. The predicted octanol–water partition coefficient (Wildman–Crippen LogP) is 1.77. The molecule has 0 radical (unpaired) electrons. The average Bonchev–Trinajstić information content (AvgIpc) is 2.53. The molecule has 0 saturated carbocycles. The number of hydrogen-bond donors (Lipinski definition) is 1. The molecule has 0 unspecified atom stereocenters. The molecule has 1 aromatic heterocycles. The van der Waals surface area contributed by atoms with Gasteiger partial charge in [-0.1, -0.05) is 6.92 Å². The summed E-state index contributed by atoms with van der Waals surface area (Å²) >= 11 is 0. The summed E-state index contributed by atoms with van der Waals surface area (Å²) in [7, 11) is -3.54. The lowest BCUT2D eigenvalue weighted by Gasteiger charge is -2.24. The van der Waals surface area contributed by atoms with E-state index in [-0.39, 0.29) is 17.5 Å². The second-order valence-corrected chi connectivity index (χ2v) is 6.36. The molecule has 0 aliphatic heterocycles.